The second-order valence-electron chi connectivity index (χ2n) is 6.59. The molecule has 0 aromatic carbocycles. The van der Waals surface area contributed by atoms with Gasteiger partial charge in [0.25, 0.3) is 0 Å². The molecule has 2 aliphatic rings. The van der Waals surface area contributed by atoms with Crippen molar-refractivity contribution >= 4 is 0 Å². The van der Waals surface area contributed by atoms with Crippen molar-refractivity contribution in [1.82, 2.24) is 4.90 Å². The van der Waals surface area contributed by atoms with Gasteiger partial charge in [-0.1, -0.05) is 13.8 Å². The molecule has 4 nitrogen and oxygen atoms in total. The minimum absolute atomic E-state index is 0.287. The molecule has 5 atom stereocenters. The largest absolute Gasteiger partial charge is 0.389 e. The predicted molar refractivity (Wildman–Crippen MR) is 72.1 cm³/mol. The Morgan fingerprint density at radius 2 is 1.78 bits per heavy atom. The molecule has 2 fully saturated rings. The minimum atomic E-state index is -0.578. The fourth-order valence-electron chi connectivity index (χ4n) is 3.47. The van der Waals surface area contributed by atoms with E-state index in [-0.39, 0.29) is 6.04 Å². The first-order chi connectivity index (χ1) is 8.47. The summed E-state index contributed by atoms with van der Waals surface area (Å²) < 4.78 is 0. The average Bonchev–Trinajstić information content (AvgIpc) is 2.61. The number of nitrogens with zero attached hydrogens (tertiary/aromatic N) is 1. The van der Waals surface area contributed by atoms with Crippen molar-refractivity contribution in [3.05, 3.63) is 0 Å². The fraction of sp³-hybridized carbons (Fsp3) is 1.00. The Labute approximate surface area is 110 Å². The molecule has 0 aromatic heterocycles. The predicted octanol–water partition coefficient (Wildman–Crippen LogP) is 0.423. The summed E-state index contributed by atoms with van der Waals surface area (Å²) in [6, 6.07) is 0.287. The summed E-state index contributed by atoms with van der Waals surface area (Å²) in [6.07, 6.45) is 2.41. The van der Waals surface area contributed by atoms with Crippen molar-refractivity contribution in [2.24, 2.45) is 23.5 Å². The van der Waals surface area contributed by atoms with E-state index in [9.17, 15) is 10.2 Å². The Bertz CT molecular complexity index is 263. The highest BCUT2D eigenvalue weighted by atomic mass is 16.3. The summed E-state index contributed by atoms with van der Waals surface area (Å²) in [6.45, 7) is 6.70. The second kappa shape index (κ2) is 5.87. The van der Waals surface area contributed by atoms with E-state index < -0.39 is 12.2 Å². The number of aliphatic hydroxyl groups excluding tert-OH is 2. The van der Waals surface area contributed by atoms with E-state index in [0.29, 0.717) is 19.0 Å². The van der Waals surface area contributed by atoms with Crippen LogP contribution in [0.2, 0.25) is 0 Å². The number of hydrogen-bond acceptors (Lipinski definition) is 4. The topological polar surface area (TPSA) is 69.7 Å². The molecule has 0 aromatic rings. The molecule has 0 amide bonds. The van der Waals surface area contributed by atoms with Crippen LogP contribution in [0.4, 0.5) is 0 Å². The van der Waals surface area contributed by atoms with Gasteiger partial charge in [-0.05, 0) is 37.0 Å². The van der Waals surface area contributed by atoms with Crippen molar-refractivity contribution in [3.8, 4) is 0 Å². The lowest BCUT2D eigenvalue weighted by molar-refractivity contribution is 0.0572. The first kappa shape index (κ1) is 14.3. The Balaban J connectivity index is 1.87. The van der Waals surface area contributed by atoms with Crippen LogP contribution in [0.3, 0.4) is 0 Å². The maximum Gasteiger partial charge on any atom is 0.0938 e. The molecule has 0 spiro atoms. The molecule has 1 saturated heterocycles. The van der Waals surface area contributed by atoms with E-state index in [1.165, 1.54) is 12.8 Å². The molecule has 1 heterocycles. The number of aliphatic hydroxyl groups is 2. The fourth-order valence-corrected chi connectivity index (χ4v) is 3.47. The molecule has 4 heteroatoms. The third-order valence-corrected chi connectivity index (χ3v) is 4.85. The zero-order valence-electron chi connectivity index (χ0n) is 11.6. The van der Waals surface area contributed by atoms with E-state index in [4.69, 9.17) is 5.73 Å². The Morgan fingerprint density at radius 1 is 1.17 bits per heavy atom. The third kappa shape index (κ3) is 3.23. The molecule has 106 valence electrons. The maximum absolute atomic E-state index is 9.58. The van der Waals surface area contributed by atoms with Crippen LogP contribution in [0.1, 0.15) is 33.1 Å². The minimum Gasteiger partial charge on any atom is -0.389 e. The molecular formula is C14H28N2O2. The average molecular weight is 256 g/mol. The number of rotatable bonds is 3. The normalized spacial score (nSPS) is 42.7. The van der Waals surface area contributed by atoms with Crippen LogP contribution in [0.25, 0.3) is 0 Å². The lowest BCUT2D eigenvalue weighted by atomic mass is 9.74. The van der Waals surface area contributed by atoms with Gasteiger partial charge in [0.15, 0.2) is 0 Å². The van der Waals surface area contributed by atoms with Crippen molar-refractivity contribution in [1.29, 1.82) is 0 Å². The number of nitrogens with two attached hydrogens (primary N) is 1. The zero-order chi connectivity index (χ0) is 13.3. The summed E-state index contributed by atoms with van der Waals surface area (Å²) >= 11 is 0. The number of likely N-dealkylation sites (tertiary alicyclic amines) is 1. The Hall–Kier alpha value is -0.160. The summed E-state index contributed by atoms with van der Waals surface area (Å²) in [4.78, 5) is 2.17. The standard InChI is InChI=1S/C14H28N2O2/c1-9(2)10-3-4-12(15)11(5-10)6-16-7-13(17)14(18)8-16/h9-14,17-18H,3-8,15H2,1-2H3. The van der Waals surface area contributed by atoms with Crippen LogP contribution in [0.15, 0.2) is 0 Å². The van der Waals surface area contributed by atoms with Crippen LogP contribution < -0.4 is 5.73 Å². The molecule has 18 heavy (non-hydrogen) atoms. The van der Waals surface area contributed by atoms with Crippen LogP contribution in [-0.2, 0) is 0 Å². The van der Waals surface area contributed by atoms with Crippen molar-refractivity contribution in [3.63, 3.8) is 0 Å². The first-order valence-corrected chi connectivity index (χ1v) is 7.31. The third-order valence-electron chi connectivity index (χ3n) is 4.85. The van der Waals surface area contributed by atoms with Gasteiger partial charge in [-0.15, -0.1) is 0 Å². The monoisotopic (exact) mass is 256 g/mol. The lowest BCUT2D eigenvalue weighted by Crippen LogP contribution is -2.43. The van der Waals surface area contributed by atoms with Gasteiger partial charge in [0, 0.05) is 25.7 Å². The molecule has 0 radical (unpaired) electrons. The smallest absolute Gasteiger partial charge is 0.0938 e. The summed E-state index contributed by atoms with van der Waals surface area (Å²) in [5.74, 6) is 2.03. The SMILES string of the molecule is CC(C)C1CCC(N)C(CN2CC(O)C(O)C2)C1. The van der Waals surface area contributed by atoms with Gasteiger partial charge in [0.05, 0.1) is 12.2 Å². The summed E-state index contributed by atoms with van der Waals surface area (Å²) in [5, 5.41) is 19.2. The van der Waals surface area contributed by atoms with Gasteiger partial charge in [-0.2, -0.15) is 0 Å². The van der Waals surface area contributed by atoms with Gasteiger partial charge >= 0.3 is 0 Å². The van der Waals surface area contributed by atoms with Gasteiger partial charge < -0.3 is 15.9 Å². The van der Waals surface area contributed by atoms with Crippen LogP contribution >= 0.6 is 0 Å². The number of β-amino-alcohol motifs (C(OH)–C–C–N with tert-alkyl or cyclic N) is 2. The van der Waals surface area contributed by atoms with Crippen LogP contribution in [0.5, 0.6) is 0 Å². The van der Waals surface area contributed by atoms with Gasteiger partial charge in [0.1, 0.15) is 0 Å². The molecule has 5 unspecified atom stereocenters. The molecule has 1 saturated carbocycles. The van der Waals surface area contributed by atoms with E-state index in [2.05, 4.69) is 18.7 Å². The highest BCUT2D eigenvalue weighted by Gasteiger charge is 2.35. The van der Waals surface area contributed by atoms with Crippen molar-refractivity contribution in [2.45, 2.75) is 51.4 Å². The molecule has 0 bridgehead atoms. The molecular weight excluding hydrogens is 228 g/mol. The van der Waals surface area contributed by atoms with Gasteiger partial charge in [0.2, 0.25) is 0 Å². The van der Waals surface area contributed by atoms with Crippen LogP contribution in [0, 0.1) is 17.8 Å². The lowest BCUT2D eigenvalue weighted by Gasteiger charge is -2.37. The van der Waals surface area contributed by atoms with Crippen molar-refractivity contribution < 1.29 is 10.2 Å². The van der Waals surface area contributed by atoms with E-state index in [1.54, 1.807) is 0 Å². The highest BCUT2D eigenvalue weighted by Crippen LogP contribution is 2.34. The van der Waals surface area contributed by atoms with Gasteiger partial charge in [-0.3, -0.25) is 4.90 Å². The molecule has 2 rings (SSSR count). The zero-order valence-corrected chi connectivity index (χ0v) is 11.6. The van der Waals surface area contributed by atoms with E-state index >= 15 is 0 Å². The summed E-state index contributed by atoms with van der Waals surface area (Å²) in [5.41, 5.74) is 6.24. The molecule has 1 aliphatic carbocycles. The Morgan fingerprint density at radius 3 is 2.33 bits per heavy atom. The van der Waals surface area contributed by atoms with E-state index in [1.807, 2.05) is 0 Å². The van der Waals surface area contributed by atoms with Crippen molar-refractivity contribution in [2.75, 3.05) is 19.6 Å². The second-order valence-corrected chi connectivity index (χ2v) is 6.59. The highest BCUT2D eigenvalue weighted by molar-refractivity contribution is 4.89. The Kier molecular flexibility index (Phi) is 4.64. The quantitative estimate of drug-likeness (QED) is 0.684. The summed E-state index contributed by atoms with van der Waals surface area (Å²) in [7, 11) is 0. The maximum atomic E-state index is 9.58. The van der Waals surface area contributed by atoms with E-state index in [0.717, 1.165) is 24.8 Å². The van der Waals surface area contributed by atoms with Crippen LogP contribution in [-0.4, -0.2) is 53.0 Å². The first-order valence-electron chi connectivity index (χ1n) is 7.31. The van der Waals surface area contributed by atoms with Gasteiger partial charge in [-0.25, -0.2) is 0 Å². The molecule has 4 N–H and O–H groups in total. The molecule has 1 aliphatic heterocycles. The number of hydrogen-bond donors (Lipinski definition) is 3.